The third-order valence-electron chi connectivity index (χ3n) is 2.58. The Hall–Kier alpha value is -1.60. The standard InChI is InChI=1S/C13H15N3O2S2/c1-9-3-4-19-10(9)5-15-11-6-14-7-12(16-11)20-8-13(17)18-2/h3-4,6-7H,5,8H2,1-2H3,(H,15,16). The van der Waals surface area contributed by atoms with Crippen LogP contribution in [0.4, 0.5) is 5.82 Å². The molecule has 0 spiro atoms. The van der Waals surface area contributed by atoms with Crippen LogP contribution in [0.2, 0.25) is 0 Å². The highest BCUT2D eigenvalue weighted by molar-refractivity contribution is 7.99. The summed E-state index contributed by atoms with van der Waals surface area (Å²) in [6.07, 6.45) is 3.31. The SMILES string of the molecule is COC(=O)CSc1cncc(NCc2sccc2C)n1. The number of hydrogen-bond acceptors (Lipinski definition) is 7. The third kappa shape index (κ3) is 4.21. The molecule has 0 unspecified atom stereocenters. The molecule has 0 bridgehead atoms. The van der Waals surface area contributed by atoms with Crippen molar-refractivity contribution in [1.82, 2.24) is 9.97 Å². The molecule has 0 aromatic carbocycles. The van der Waals surface area contributed by atoms with Crippen LogP contribution >= 0.6 is 23.1 Å². The van der Waals surface area contributed by atoms with Gasteiger partial charge >= 0.3 is 5.97 Å². The zero-order chi connectivity index (χ0) is 14.4. The van der Waals surface area contributed by atoms with Gasteiger partial charge in [-0.25, -0.2) is 4.98 Å². The minimum atomic E-state index is -0.274. The number of carbonyl (C=O) groups is 1. The Labute approximate surface area is 125 Å². The first-order valence-corrected chi connectivity index (χ1v) is 7.84. The fraction of sp³-hybridized carbons (Fsp3) is 0.308. The molecule has 0 atom stereocenters. The highest BCUT2D eigenvalue weighted by Gasteiger charge is 2.05. The fourth-order valence-corrected chi connectivity index (χ4v) is 2.98. The molecule has 0 saturated carbocycles. The summed E-state index contributed by atoms with van der Waals surface area (Å²) < 4.78 is 4.59. The van der Waals surface area contributed by atoms with Crippen molar-refractivity contribution in [3.05, 3.63) is 34.3 Å². The number of nitrogens with one attached hydrogen (secondary N) is 1. The van der Waals surface area contributed by atoms with Crippen LogP contribution in [0.3, 0.4) is 0 Å². The Morgan fingerprint density at radius 3 is 3.05 bits per heavy atom. The van der Waals surface area contributed by atoms with E-state index in [9.17, 15) is 4.79 Å². The first kappa shape index (κ1) is 14.8. The summed E-state index contributed by atoms with van der Waals surface area (Å²) in [6.45, 7) is 2.81. The Balaban J connectivity index is 1.92. The molecular weight excluding hydrogens is 294 g/mol. The van der Waals surface area contributed by atoms with Crippen LogP contribution in [0.5, 0.6) is 0 Å². The smallest absolute Gasteiger partial charge is 0.316 e. The number of thioether (sulfide) groups is 1. The van der Waals surface area contributed by atoms with Crippen LogP contribution in [-0.4, -0.2) is 28.8 Å². The predicted molar refractivity (Wildman–Crippen MR) is 81.2 cm³/mol. The zero-order valence-corrected chi connectivity index (χ0v) is 12.9. The van der Waals surface area contributed by atoms with E-state index < -0.39 is 0 Å². The summed E-state index contributed by atoms with van der Waals surface area (Å²) in [4.78, 5) is 20.9. The van der Waals surface area contributed by atoms with Gasteiger partial charge < -0.3 is 10.1 Å². The molecule has 0 saturated heterocycles. The van der Waals surface area contributed by atoms with Crippen LogP contribution in [0, 0.1) is 6.92 Å². The number of anilines is 1. The van der Waals surface area contributed by atoms with Crippen molar-refractivity contribution in [3.63, 3.8) is 0 Å². The van der Waals surface area contributed by atoms with E-state index >= 15 is 0 Å². The van der Waals surface area contributed by atoms with Crippen molar-refractivity contribution in [1.29, 1.82) is 0 Å². The summed E-state index contributed by atoms with van der Waals surface area (Å²) in [6, 6.07) is 2.09. The number of rotatable bonds is 6. The number of hydrogen-bond donors (Lipinski definition) is 1. The highest BCUT2D eigenvalue weighted by atomic mass is 32.2. The predicted octanol–water partition coefficient (Wildman–Crippen LogP) is 2.72. The summed E-state index contributed by atoms with van der Waals surface area (Å²) in [5.41, 5.74) is 1.27. The Morgan fingerprint density at radius 2 is 2.35 bits per heavy atom. The molecule has 2 aromatic rings. The number of esters is 1. The molecule has 0 radical (unpaired) electrons. The number of methoxy groups -OCH3 is 1. The lowest BCUT2D eigenvalue weighted by molar-refractivity contribution is -0.137. The maximum Gasteiger partial charge on any atom is 0.316 e. The van der Waals surface area contributed by atoms with Gasteiger partial charge in [0.2, 0.25) is 0 Å². The second kappa shape index (κ2) is 7.25. The highest BCUT2D eigenvalue weighted by Crippen LogP contribution is 2.19. The maximum atomic E-state index is 11.1. The average molecular weight is 309 g/mol. The molecule has 2 heterocycles. The van der Waals surface area contributed by atoms with Gasteiger partial charge in [-0.3, -0.25) is 9.78 Å². The minimum absolute atomic E-state index is 0.235. The van der Waals surface area contributed by atoms with E-state index in [1.807, 2.05) is 0 Å². The molecule has 1 N–H and O–H groups in total. The van der Waals surface area contributed by atoms with Crippen LogP contribution in [0.15, 0.2) is 28.9 Å². The van der Waals surface area contributed by atoms with E-state index in [2.05, 4.69) is 38.4 Å². The quantitative estimate of drug-likeness (QED) is 0.654. The number of nitrogens with zero attached hydrogens (tertiary/aromatic N) is 2. The summed E-state index contributed by atoms with van der Waals surface area (Å²) in [5, 5.41) is 6.00. The molecule has 20 heavy (non-hydrogen) atoms. The van der Waals surface area contributed by atoms with E-state index in [1.54, 1.807) is 23.7 Å². The second-order valence-corrected chi connectivity index (χ2v) is 5.98. The molecule has 0 aliphatic rings. The minimum Gasteiger partial charge on any atom is -0.468 e. The van der Waals surface area contributed by atoms with Crippen LogP contribution in [0.1, 0.15) is 10.4 Å². The molecule has 7 heteroatoms. The van der Waals surface area contributed by atoms with Gasteiger partial charge in [0.1, 0.15) is 10.8 Å². The first-order chi connectivity index (χ1) is 9.69. The largest absolute Gasteiger partial charge is 0.468 e. The van der Waals surface area contributed by atoms with Gasteiger partial charge in [-0.2, -0.15) is 0 Å². The summed E-state index contributed by atoms with van der Waals surface area (Å²) in [5.74, 6) is 0.663. The van der Waals surface area contributed by atoms with Crippen LogP contribution < -0.4 is 5.32 Å². The third-order valence-corrected chi connectivity index (χ3v) is 4.47. The van der Waals surface area contributed by atoms with Crippen LogP contribution in [-0.2, 0) is 16.1 Å². The van der Waals surface area contributed by atoms with Crippen molar-refractivity contribution in [3.8, 4) is 0 Å². The van der Waals surface area contributed by atoms with Gasteiger partial charge in [-0.05, 0) is 23.9 Å². The molecule has 2 rings (SSSR count). The molecule has 0 aliphatic heterocycles. The van der Waals surface area contributed by atoms with Crippen molar-refractivity contribution < 1.29 is 9.53 Å². The topological polar surface area (TPSA) is 64.1 Å². The molecule has 5 nitrogen and oxygen atoms in total. The molecular formula is C13H15N3O2S2. The average Bonchev–Trinajstić information content (AvgIpc) is 2.88. The van der Waals surface area contributed by atoms with E-state index in [-0.39, 0.29) is 11.7 Å². The Bertz CT molecular complexity index is 587. The number of carbonyl (C=O) groups excluding carboxylic acids is 1. The monoisotopic (exact) mass is 309 g/mol. The molecule has 106 valence electrons. The van der Waals surface area contributed by atoms with Gasteiger partial charge in [-0.1, -0.05) is 11.8 Å². The van der Waals surface area contributed by atoms with Crippen molar-refractivity contribution >= 4 is 34.9 Å². The fourth-order valence-electron chi connectivity index (χ4n) is 1.45. The van der Waals surface area contributed by atoms with Crippen molar-refractivity contribution in [2.24, 2.45) is 0 Å². The van der Waals surface area contributed by atoms with Gasteiger partial charge in [0.05, 0.1) is 31.8 Å². The number of thiophene rings is 1. The molecule has 0 aliphatic carbocycles. The van der Waals surface area contributed by atoms with Crippen molar-refractivity contribution in [2.75, 3.05) is 18.2 Å². The number of ether oxygens (including phenoxy) is 1. The number of aryl methyl sites for hydroxylation is 1. The second-order valence-electron chi connectivity index (χ2n) is 3.99. The van der Waals surface area contributed by atoms with Crippen LogP contribution in [0.25, 0.3) is 0 Å². The lowest BCUT2D eigenvalue weighted by Gasteiger charge is -2.06. The Kier molecular flexibility index (Phi) is 5.37. The molecule has 0 fully saturated rings. The molecule has 0 amide bonds. The summed E-state index contributed by atoms with van der Waals surface area (Å²) in [7, 11) is 1.37. The Morgan fingerprint density at radius 1 is 1.50 bits per heavy atom. The normalized spacial score (nSPS) is 10.3. The van der Waals surface area contributed by atoms with E-state index in [0.717, 1.165) is 6.54 Å². The lowest BCUT2D eigenvalue weighted by Crippen LogP contribution is -2.05. The van der Waals surface area contributed by atoms with E-state index in [4.69, 9.17) is 0 Å². The van der Waals surface area contributed by atoms with E-state index in [1.165, 1.54) is 29.3 Å². The van der Waals surface area contributed by atoms with Gasteiger partial charge in [-0.15, -0.1) is 11.3 Å². The van der Waals surface area contributed by atoms with E-state index in [0.29, 0.717) is 10.8 Å². The van der Waals surface area contributed by atoms with Gasteiger partial charge in [0.15, 0.2) is 0 Å². The van der Waals surface area contributed by atoms with Crippen molar-refractivity contribution in [2.45, 2.75) is 18.5 Å². The zero-order valence-electron chi connectivity index (χ0n) is 11.3. The first-order valence-electron chi connectivity index (χ1n) is 5.97. The maximum absolute atomic E-state index is 11.1. The molecule has 2 aromatic heterocycles. The lowest BCUT2D eigenvalue weighted by atomic mass is 10.3. The van der Waals surface area contributed by atoms with Gasteiger partial charge in [0, 0.05) is 4.88 Å². The van der Waals surface area contributed by atoms with Gasteiger partial charge in [0.25, 0.3) is 0 Å². The number of aromatic nitrogens is 2. The summed E-state index contributed by atoms with van der Waals surface area (Å²) >= 11 is 3.02.